The molecule has 0 saturated carbocycles. The Morgan fingerprint density at radius 2 is 2.32 bits per heavy atom. The second-order valence-electron chi connectivity index (χ2n) is 3.98. The third-order valence-electron chi connectivity index (χ3n) is 2.63. The second kappa shape index (κ2) is 5.75. The minimum atomic E-state index is -0.535. The third-order valence-corrected chi connectivity index (χ3v) is 2.95. The van der Waals surface area contributed by atoms with Gasteiger partial charge in [-0.05, 0) is 19.1 Å². The molecule has 0 aliphatic rings. The summed E-state index contributed by atoms with van der Waals surface area (Å²) in [5, 5.41) is 4.38. The summed E-state index contributed by atoms with van der Waals surface area (Å²) in [4.78, 5) is 11.9. The maximum Gasteiger partial charge on any atom is 0.342 e. The molecule has 0 spiro atoms. The average Bonchev–Trinajstić information content (AvgIpc) is 2.84. The van der Waals surface area contributed by atoms with Gasteiger partial charge in [0.2, 0.25) is 0 Å². The molecule has 19 heavy (non-hydrogen) atoms. The standard InChI is InChI=1S/C13H14ClN3O2/c1-2-17-7-9(6-16-17)8-19-13(18)12-10(14)4-3-5-11(12)15/h3-7H,2,8,15H2,1H3. The molecule has 1 aromatic heterocycles. The first-order chi connectivity index (χ1) is 9.11. The van der Waals surface area contributed by atoms with E-state index in [2.05, 4.69) is 5.10 Å². The number of aromatic nitrogens is 2. The van der Waals surface area contributed by atoms with Crippen LogP contribution < -0.4 is 5.73 Å². The molecule has 0 aliphatic heterocycles. The number of rotatable bonds is 4. The summed E-state index contributed by atoms with van der Waals surface area (Å²) in [6.07, 6.45) is 3.48. The van der Waals surface area contributed by atoms with Crippen molar-refractivity contribution in [1.82, 2.24) is 9.78 Å². The number of benzene rings is 1. The van der Waals surface area contributed by atoms with Crippen molar-refractivity contribution in [1.29, 1.82) is 0 Å². The lowest BCUT2D eigenvalue weighted by atomic mass is 10.2. The molecule has 0 amide bonds. The van der Waals surface area contributed by atoms with E-state index < -0.39 is 5.97 Å². The Bertz CT molecular complexity index is 575. The van der Waals surface area contributed by atoms with Crippen LogP contribution in [0.3, 0.4) is 0 Å². The molecule has 0 bridgehead atoms. The van der Waals surface area contributed by atoms with Gasteiger partial charge in [0.15, 0.2) is 0 Å². The number of hydrogen-bond donors (Lipinski definition) is 1. The highest BCUT2D eigenvalue weighted by Gasteiger charge is 2.15. The molecule has 0 radical (unpaired) electrons. The zero-order valence-electron chi connectivity index (χ0n) is 10.5. The van der Waals surface area contributed by atoms with Gasteiger partial charge in [-0.1, -0.05) is 17.7 Å². The van der Waals surface area contributed by atoms with E-state index in [1.54, 1.807) is 29.1 Å². The van der Waals surface area contributed by atoms with Crippen LogP contribution in [0.25, 0.3) is 0 Å². The van der Waals surface area contributed by atoms with Crippen LogP contribution in [-0.2, 0) is 17.9 Å². The van der Waals surface area contributed by atoms with Gasteiger partial charge in [-0.25, -0.2) is 4.79 Å². The van der Waals surface area contributed by atoms with E-state index in [1.807, 2.05) is 13.1 Å². The SMILES string of the molecule is CCn1cc(COC(=O)c2c(N)cccc2Cl)cn1. The minimum Gasteiger partial charge on any atom is -0.457 e. The Hall–Kier alpha value is -2.01. The van der Waals surface area contributed by atoms with Gasteiger partial charge >= 0.3 is 5.97 Å². The minimum absolute atomic E-state index is 0.142. The van der Waals surface area contributed by atoms with Crippen molar-refractivity contribution in [3.8, 4) is 0 Å². The number of carbonyl (C=O) groups excluding carboxylic acids is 1. The van der Waals surface area contributed by atoms with Crippen molar-refractivity contribution in [2.24, 2.45) is 0 Å². The van der Waals surface area contributed by atoms with Crippen LogP contribution >= 0.6 is 11.6 Å². The molecule has 1 aromatic carbocycles. The lowest BCUT2D eigenvalue weighted by Crippen LogP contribution is -2.08. The number of hydrogen-bond acceptors (Lipinski definition) is 4. The number of aryl methyl sites for hydroxylation is 1. The molecule has 2 rings (SSSR count). The van der Waals surface area contributed by atoms with E-state index >= 15 is 0 Å². The molecule has 100 valence electrons. The van der Waals surface area contributed by atoms with Crippen molar-refractivity contribution in [2.75, 3.05) is 5.73 Å². The van der Waals surface area contributed by atoms with Crippen LogP contribution in [0.1, 0.15) is 22.8 Å². The third kappa shape index (κ3) is 3.06. The van der Waals surface area contributed by atoms with E-state index in [9.17, 15) is 4.79 Å². The first kappa shape index (κ1) is 13.4. The van der Waals surface area contributed by atoms with Crippen molar-refractivity contribution in [3.05, 3.63) is 46.7 Å². The van der Waals surface area contributed by atoms with Crippen LogP contribution in [-0.4, -0.2) is 15.7 Å². The van der Waals surface area contributed by atoms with Gasteiger partial charge in [-0.3, -0.25) is 4.68 Å². The highest BCUT2D eigenvalue weighted by Crippen LogP contribution is 2.23. The molecule has 2 aromatic rings. The highest BCUT2D eigenvalue weighted by atomic mass is 35.5. The Morgan fingerprint density at radius 3 is 2.95 bits per heavy atom. The molecule has 1 heterocycles. The first-order valence-corrected chi connectivity index (χ1v) is 6.22. The predicted molar refractivity (Wildman–Crippen MR) is 72.9 cm³/mol. The topological polar surface area (TPSA) is 70.1 Å². The van der Waals surface area contributed by atoms with Gasteiger partial charge in [-0.15, -0.1) is 0 Å². The number of anilines is 1. The van der Waals surface area contributed by atoms with Crippen molar-refractivity contribution in [2.45, 2.75) is 20.1 Å². The van der Waals surface area contributed by atoms with Crippen LogP contribution in [0.2, 0.25) is 5.02 Å². The summed E-state index contributed by atoms with van der Waals surface area (Å²) in [5.74, 6) is -0.535. The Kier molecular flexibility index (Phi) is 4.06. The molecular formula is C13H14ClN3O2. The van der Waals surface area contributed by atoms with Gasteiger partial charge in [0.25, 0.3) is 0 Å². The summed E-state index contributed by atoms with van der Waals surface area (Å²) < 4.78 is 6.93. The molecule has 0 saturated heterocycles. The van der Waals surface area contributed by atoms with Crippen LogP contribution in [0.4, 0.5) is 5.69 Å². The normalized spacial score (nSPS) is 10.4. The summed E-state index contributed by atoms with van der Waals surface area (Å²) in [5.41, 5.74) is 7.04. The van der Waals surface area contributed by atoms with Crippen LogP contribution in [0.5, 0.6) is 0 Å². The fourth-order valence-corrected chi connectivity index (χ4v) is 1.89. The second-order valence-corrected chi connectivity index (χ2v) is 4.39. The predicted octanol–water partition coefficient (Wildman–Crippen LogP) is 2.50. The number of esters is 1. The number of carbonyl (C=O) groups is 1. The van der Waals surface area contributed by atoms with Crippen molar-refractivity contribution in [3.63, 3.8) is 0 Å². The lowest BCUT2D eigenvalue weighted by molar-refractivity contribution is 0.0474. The zero-order valence-corrected chi connectivity index (χ0v) is 11.2. The maximum atomic E-state index is 11.9. The number of halogens is 1. The quantitative estimate of drug-likeness (QED) is 0.689. The summed E-state index contributed by atoms with van der Waals surface area (Å²) in [6.45, 7) is 2.89. The molecule has 0 unspecified atom stereocenters. The van der Waals surface area contributed by atoms with E-state index in [0.717, 1.165) is 12.1 Å². The van der Waals surface area contributed by atoms with Crippen LogP contribution in [0, 0.1) is 0 Å². The Morgan fingerprint density at radius 1 is 1.53 bits per heavy atom. The fraction of sp³-hybridized carbons (Fsp3) is 0.231. The largest absolute Gasteiger partial charge is 0.457 e. The smallest absolute Gasteiger partial charge is 0.342 e. The Balaban J connectivity index is 2.05. The van der Waals surface area contributed by atoms with Gasteiger partial charge < -0.3 is 10.5 Å². The molecule has 0 aliphatic carbocycles. The molecule has 0 atom stereocenters. The Labute approximate surface area is 115 Å². The number of ether oxygens (including phenoxy) is 1. The van der Waals surface area contributed by atoms with Gasteiger partial charge in [-0.2, -0.15) is 5.10 Å². The zero-order chi connectivity index (χ0) is 13.8. The summed E-state index contributed by atoms with van der Waals surface area (Å²) in [7, 11) is 0. The van der Waals surface area contributed by atoms with E-state index in [1.165, 1.54) is 0 Å². The molecular weight excluding hydrogens is 266 g/mol. The maximum absolute atomic E-state index is 11.9. The fourth-order valence-electron chi connectivity index (χ4n) is 1.63. The summed E-state index contributed by atoms with van der Waals surface area (Å²) >= 11 is 5.94. The summed E-state index contributed by atoms with van der Waals surface area (Å²) in [6, 6.07) is 4.89. The average molecular weight is 280 g/mol. The van der Waals surface area contributed by atoms with Gasteiger partial charge in [0.1, 0.15) is 12.2 Å². The molecule has 2 N–H and O–H groups in total. The van der Waals surface area contributed by atoms with Crippen LogP contribution in [0.15, 0.2) is 30.6 Å². The van der Waals surface area contributed by atoms with Crippen molar-refractivity contribution >= 4 is 23.3 Å². The number of nitrogens with zero attached hydrogens (tertiary/aromatic N) is 2. The van der Waals surface area contributed by atoms with Gasteiger partial charge in [0.05, 0.1) is 11.2 Å². The van der Waals surface area contributed by atoms with E-state index in [0.29, 0.717) is 5.69 Å². The molecule has 0 fully saturated rings. The highest BCUT2D eigenvalue weighted by molar-refractivity contribution is 6.34. The lowest BCUT2D eigenvalue weighted by Gasteiger charge is -2.07. The molecule has 5 nitrogen and oxygen atoms in total. The van der Waals surface area contributed by atoms with E-state index in [4.69, 9.17) is 22.1 Å². The number of nitrogens with two attached hydrogens (primary N) is 1. The monoisotopic (exact) mass is 279 g/mol. The van der Waals surface area contributed by atoms with Crippen molar-refractivity contribution < 1.29 is 9.53 Å². The van der Waals surface area contributed by atoms with E-state index in [-0.39, 0.29) is 17.2 Å². The van der Waals surface area contributed by atoms with Gasteiger partial charge in [0, 0.05) is 24.0 Å². The molecule has 6 heteroatoms. The first-order valence-electron chi connectivity index (χ1n) is 5.84. The number of nitrogen functional groups attached to an aromatic ring is 1.